The third kappa shape index (κ3) is 4.67. The van der Waals surface area contributed by atoms with E-state index in [0.717, 1.165) is 16.1 Å². The summed E-state index contributed by atoms with van der Waals surface area (Å²) in [4.78, 5) is 13.9. The fourth-order valence-electron chi connectivity index (χ4n) is 3.26. The van der Waals surface area contributed by atoms with Crippen LogP contribution >= 0.6 is 11.3 Å². The zero-order chi connectivity index (χ0) is 19.5. The van der Waals surface area contributed by atoms with Crippen LogP contribution < -0.4 is 10.3 Å². The summed E-state index contributed by atoms with van der Waals surface area (Å²) in [5.41, 5.74) is 1.84. The lowest BCUT2D eigenvalue weighted by Crippen LogP contribution is -2.33. The molecule has 1 aliphatic carbocycles. The molecule has 6 heteroatoms. The summed E-state index contributed by atoms with van der Waals surface area (Å²) in [7, 11) is 0. The van der Waals surface area contributed by atoms with E-state index in [1.807, 2.05) is 19.9 Å². The summed E-state index contributed by atoms with van der Waals surface area (Å²) >= 11 is 1.65. The van der Waals surface area contributed by atoms with Gasteiger partial charge in [0.1, 0.15) is 18.5 Å². The van der Waals surface area contributed by atoms with Crippen molar-refractivity contribution in [3.8, 4) is 17.6 Å². The smallest absolute Gasteiger partial charge is 0.255 e. The predicted octanol–water partition coefficient (Wildman–Crippen LogP) is 3.38. The second-order valence-electron chi connectivity index (χ2n) is 7.38. The van der Waals surface area contributed by atoms with Crippen molar-refractivity contribution >= 4 is 11.3 Å². The molecule has 0 spiro atoms. The highest BCUT2D eigenvalue weighted by Gasteiger charge is 2.19. The normalized spacial score (nSPS) is 20.3. The molecule has 0 amide bonds. The molecule has 0 aromatic carbocycles. The monoisotopic (exact) mass is 399 g/mol. The number of aromatic nitrogens is 1. The van der Waals surface area contributed by atoms with Crippen molar-refractivity contribution in [3.63, 3.8) is 0 Å². The first-order chi connectivity index (χ1) is 13.6. The molecule has 2 aromatic rings. The van der Waals surface area contributed by atoms with Gasteiger partial charge < -0.3 is 18.8 Å². The maximum absolute atomic E-state index is 12.8. The number of pyridine rings is 1. The highest BCUT2D eigenvalue weighted by Crippen LogP contribution is 2.29. The number of aryl methyl sites for hydroxylation is 1. The lowest BCUT2D eigenvalue weighted by atomic mass is 10.2. The van der Waals surface area contributed by atoms with Gasteiger partial charge in [0.05, 0.1) is 25.9 Å². The molecule has 3 heterocycles. The summed E-state index contributed by atoms with van der Waals surface area (Å²) < 4.78 is 18.5. The second-order valence-corrected chi connectivity index (χ2v) is 8.32. The summed E-state index contributed by atoms with van der Waals surface area (Å²) in [6.07, 6.45) is 2.36. The average Bonchev–Trinajstić information content (AvgIpc) is 3.40. The number of rotatable bonds is 5. The Balaban J connectivity index is 1.46. The lowest BCUT2D eigenvalue weighted by Gasteiger charge is -2.23. The van der Waals surface area contributed by atoms with E-state index < -0.39 is 0 Å². The minimum atomic E-state index is -0.0864. The molecule has 1 saturated heterocycles. The average molecular weight is 400 g/mol. The molecule has 2 aromatic heterocycles. The first-order valence-electron chi connectivity index (χ1n) is 9.75. The maximum atomic E-state index is 12.8. The molecule has 148 valence electrons. The van der Waals surface area contributed by atoms with Crippen molar-refractivity contribution in [1.82, 2.24) is 4.57 Å². The van der Waals surface area contributed by atoms with Crippen LogP contribution in [0, 0.1) is 24.7 Å². The number of hydrogen-bond acceptors (Lipinski definition) is 5. The van der Waals surface area contributed by atoms with Crippen molar-refractivity contribution in [2.24, 2.45) is 5.92 Å². The van der Waals surface area contributed by atoms with E-state index in [-0.39, 0.29) is 17.7 Å². The maximum Gasteiger partial charge on any atom is 0.255 e. The Morgan fingerprint density at radius 3 is 2.89 bits per heavy atom. The van der Waals surface area contributed by atoms with Crippen LogP contribution in [0.1, 0.15) is 41.9 Å². The zero-order valence-corrected chi connectivity index (χ0v) is 17.1. The number of thiophene rings is 1. The van der Waals surface area contributed by atoms with Crippen molar-refractivity contribution in [3.05, 3.63) is 50.1 Å². The van der Waals surface area contributed by atoms with Crippen LogP contribution in [0.15, 0.2) is 28.4 Å². The molecule has 0 N–H and O–H groups in total. The van der Waals surface area contributed by atoms with Crippen LogP contribution in [-0.2, 0) is 9.47 Å². The molecule has 0 bridgehead atoms. The van der Waals surface area contributed by atoms with Crippen LogP contribution in [0.5, 0.6) is 5.75 Å². The van der Waals surface area contributed by atoms with E-state index in [2.05, 4.69) is 23.3 Å². The van der Waals surface area contributed by atoms with Gasteiger partial charge in [-0.3, -0.25) is 4.79 Å². The predicted molar refractivity (Wildman–Crippen MR) is 109 cm³/mol. The van der Waals surface area contributed by atoms with Gasteiger partial charge in [0.2, 0.25) is 0 Å². The Hall–Kier alpha value is -2.07. The van der Waals surface area contributed by atoms with Gasteiger partial charge in [-0.05, 0) is 38.8 Å². The van der Waals surface area contributed by atoms with E-state index in [4.69, 9.17) is 14.2 Å². The molecule has 2 unspecified atom stereocenters. The first-order valence-corrected chi connectivity index (χ1v) is 10.6. The van der Waals surface area contributed by atoms with Gasteiger partial charge in [0.15, 0.2) is 0 Å². The Morgan fingerprint density at radius 2 is 2.18 bits per heavy atom. The Labute approximate surface area is 169 Å². The van der Waals surface area contributed by atoms with E-state index in [9.17, 15) is 4.79 Å². The van der Waals surface area contributed by atoms with Gasteiger partial charge in [0, 0.05) is 33.5 Å². The minimum Gasteiger partial charge on any atom is -0.491 e. The molecule has 2 aliphatic rings. The number of nitrogens with zero attached hydrogens (tertiary/aromatic N) is 1. The molecule has 28 heavy (non-hydrogen) atoms. The zero-order valence-electron chi connectivity index (χ0n) is 16.3. The van der Waals surface area contributed by atoms with Gasteiger partial charge in [-0.25, -0.2) is 0 Å². The molecule has 2 fully saturated rings. The quantitative estimate of drug-likeness (QED) is 0.724. The van der Waals surface area contributed by atoms with Crippen molar-refractivity contribution in [1.29, 1.82) is 0 Å². The molecule has 5 nitrogen and oxygen atoms in total. The van der Waals surface area contributed by atoms with Crippen molar-refractivity contribution in [2.45, 2.75) is 38.8 Å². The topological polar surface area (TPSA) is 49.7 Å². The summed E-state index contributed by atoms with van der Waals surface area (Å²) in [6.45, 7) is 6.10. The van der Waals surface area contributed by atoms with Crippen LogP contribution in [0.2, 0.25) is 0 Å². The minimum absolute atomic E-state index is 0.0434. The highest BCUT2D eigenvalue weighted by molar-refractivity contribution is 7.10. The molecule has 0 radical (unpaired) electrons. The third-order valence-electron chi connectivity index (χ3n) is 4.97. The molecule has 1 aliphatic heterocycles. The lowest BCUT2D eigenvalue weighted by molar-refractivity contribution is -0.101. The molecule has 1 saturated carbocycles. The summed E-state index contributed by atoms with van der Waals surface area (Å²) in [5, 5.41) is 2.07. The van der Waals surface area contributed by atoms with Gasteiger partial charge in [-0.15, -0.1) is 11.3 Å². The highest BCUT2D eigenvalue weighted by atomic mass is 32.1. The third-order valence-corrected chi connectivity index (χ3v) is 6.07. The molecule has 2 atom stereocenters. The van der Waals surface area contributed by atoms with Crippen LogP contribution in [0.25, 0.3) is 0 Å². The molecule has 4 rings (SSSR count). The van der Waals surface area contributed by atoms with Crippen LogP contribution in [0.4, 0.5) is 0 Å². The van der Waals surface area contributed by atoms with Crippen molar-refractivity contribution < 1.29 is 14.2 Å². The van der Waals surface area contributed by atoms with E-state index in [1.54, 1.807) is 22.0 Å². The number of hydrogen-bond donors (Lipinski definition) is 0. The Bertz CT molecular complexity index is 941. The fourth-order valence-corrected chi connectivity index (χ4v) is 4.15. The van der Waals surface area contributed by atoms with Crippen LogP contribution in [-0.4, -0.2) is 37.1 Å². The summed E-state index contributed by atoms with van der Waals surface area (Å²) in [5.74, 6) is 7.70. The molecular formula is C22H25NO4S. The second kappa shape index (κ2) is 8.52. The Morgan fingerprint density at radius 1 is 1.32 bits per heavy atom. The van der Waals surface area contributed by atoms with Crippen LogP contribution in [0.3, 0.4) is 0 Å². The fraction of sp³-hybridized carbons (Fsp3) is 0.500. The van der Waals surface area contributed by atoms with Gasteiger partial charge in [0.25, 0.3) is 5.56 Å². The van der Waals surface area contributed by atoms with Crippen molar-refractivity contribution in [2.75, 3.05) is 26.4 Å². The largest absolute Gasteiger partial charge is 0.491 e. The van der Waals surface area contributed by atoms with Gasteiger partial charge >= 0.3 is 0 Å². The van der Waals surface area contributed by atoms with E-state index in [1.165, 1.54) is 12.8 Å². The SMILES string of the molecule is Cc1cc(OCC2COCCO2)cc(=O)n1C(C)c1cc(C#CC2CC2)cs1. The Kier molecular flexibility index (Phi) is 5.86. The molecular weight excluding hydrogens is 374 g/mol. The van der Waals surface area contributed by atoms with E-state index >= 15 is 0 Å². The number of ether oxygens (including phenoxy) is 3. The van der Waals surface area contributed by atoms with Gasteiger partial charge in [-0.1, -0.05) is 11.8 Å². The first kappa shape index (κ1) is 19.3. The summed E-state index contributed by atoms with van der Waals surface area (Å²) in [6, 6.07) is 5.51. The van der Waals surface area contributed by atoms with Gasteiger partial charge in [-0.2, -0.15) is 0 Å². The van der Waals surface area contributed by atoms with E-state index in [0.29, 0.717) is 38.1 Å². The standard InChI is InChI=1S/C22H25NO4S/c1-15-9-19(27-13-20-12-25-7-8-26-20)11-22(24)23(15)16(2)21-10-18(14-28-21)6-5-17-3-4-17/h9-11,14,16-17,20H,3-4,7-8,12-13H2,1-2H3.